The van der Waals surface area contributed by atoms with Crippen LogP contribution in [0.25, 0.3) is 0 Å². The topological polar surface area (TPSA) is 38.0 Å². The van der Waals surface area contributed by atoms with Gasteiger partial charge in [-0.3, -0.25) is 0 Å². The minimum absolute atomic E-state index is 0.464. The van der Waals surface area contributed by atoms with Gasteiger partial charge >= 0.3 is 0 Å². The molecule has 1 aromatic carbocycles. The zero-order valence-electron chi connectivity index (χ0n) is 10.9. The van der Waals surface area contributed by atoms with Crippen LogP contribution in [0.2, 0.25) is 0 Å². The molecule has 1 aromatic rings. The summed E-state index contributed by atoms with van der Waals surface area (Å²) in [6.07, 6.45) is 6.58. The first-order valence-corrected chi connectivity index (χ1v) is 8.93. The molecular formula is C13H20N2S3. The van der Waals surface area contributed by atoms with Crippen LogP contribution >= 0.6 is 35.7 Å². The Labute approximate surface area is 123 Å². The van der Waals surface area contributed by atoms with Gasteiger partial charge in [-0.05, 0) is 43.2 Å². The molecule has 0 amide bonds. The van der Waals surface area contributed by atoms with Crippen LogP contribution in [0.3, 0.4) is 0 Å². The van der Waals surface area contributed by atoms with Gasteiger partial charge in [-0.15, -0.1) is 11.8 Å². The molecule has 5 heteroatoms. The fraction of sp³-hybridized carbons (Fsp3) is 0.462. The molecule has 0 atom stereocenters. The van der Waals surface area contributed by atoms with Crippen molar-refractivity contribution in [1.82, 2.24) is 0 Å². The lowest BCUT2D eigenvalue weighted by atomic mass is 10.1. The van der Waals surface area contributed by atoms with Crippen LogP contribution in [0.15, 0.2) is 23.1 Å². The molecule has 0 aliphatic rings. The molecule has 18 heavy (non-hydrogen) atoms. The third-order valence-corrected chi connectivity index (χ3v) is 4.26. The van der Waals surface area contributed by atoms with E-state index in [0.717, 1.165) is 22.7 Å². The summed E-state index contributed by atoms with van der Waals surface area (Å²) in [5.41, 5.74) is 7.85. The lowest BCUT2D eigenvalue weighted by Gasteiger charge is -2.14. The van der Waals surface area contributed by atoms with Crippen molar-refractivity contribution in [3.8, 4) is 0 Å². The van der Waals surface area contributed by atoms with Crippen molar-refractivity contribution in [2.45, 2.75) is 17.7 Å². The van der Waals surface area contributed by atoms with Crippen LogP contribution in [0, 0.1) is 0 Å². The molecule has 0 fully saturated rings. The highest BCUT2D eigenvalue weighted by Gasteiger charge is 2.09. The maximum absolute atomic E-state index is 5.82. The average molecular weight is 301 g/mol. The number of nitrogens with two attached hydrogens (primary N) is 1. The van der Waals surface area contributed by atoms with E-state index in [0.29, 0.717) is 4.99 Å². The lowest BCUT2D eigenvalue weighted by molar-refractivity contribution is 0.843. The molecule has 0 radical (unpaired) electrons. The first-order chi connectivity index (χ1) is 8.70. The van der Waals surface area contributed by atoms with E-state index in [-0.39, 0.29) is 0 Å². The van der Waals surface area contributed by atoms with Crippen LogP contribution < -0.4 is 11.1 Å². The molecule has 0 saturated heterocycles. The number of benzene rings is 1. The zero-order valence-corrected chi connectivity index (χ0v) is 13.3. The fourth-order valence-electron chi connectivity index (χ4n) is 1.70. The van der Waals surface area contributed by atoms with E-state index in [1.54, 1.807) is 11.8 Å². The normalized spacial score (nSPS) is 10.3. The van der Waals surface area contributed by atoms with Gasteiger partial charge in [0, 0.05) is 22.7 Å². The van der Waals surface area contributed by atoms with E-state index < -0.39 is 0 Å². The molecular weight excluding hydrogens is 280 g/mol. The summed E-state index contributed by atoms with van der Waals surface area (Å²) in [6, 6.07) is 6.14. The molecule has 0 heterocycles. The van der Waals surface area contributed by atoms with Gasteiger partial charge in [-0.1, -0.05) is 18.3 Å². The molecule has 0 saturated carbocycles. The number of hydrogen-bond acceptors (Lipinski definition) is 4. The van der Waals surface area contributed by atoms with Crippen molar-refractivity contribution in [2.75, 3.05) is 30.1 Å². The monoisotopic (exact) mass is 300 g/mol. The van der Waals surface area contributed by atoms with Gasteiger partial charge in [0.2, 0.25) is 0 Å². The van der Waals surface area contributed by atoms with Crippen molar-refractivity contribution in [2.24, 2.45) is 5.73 Å². The van der Waals surface area contributed by atoms with Gasteiger partial charge in [-0.2, -0.15) is 11.8 Å². The van der Waals surface area contributed by atoms with E-state index in [4.69, 9.17) is 18.0 Å². The van der Waals surface area contributed by atoms with Gasteiger partial charge in [0.05, 0.1) is 0 Å². The Morgan fingerprint density at radius 3 is 2.72 bits per heavy atom. The predicted molar refractivity (Wildman–Crippen MR) is 90.2 cm³/mol. The Morgan fingerprint density at radius 1 is 1.33 bits per heavy atom. The van der Waals surface area contributed by atoms with E-state index in [9.17, 15) is 0 Å². The van der Waals surface area contributed by atoms with Gasteiger partial charge in [0.15, 0.2) is 0 Å². The molecule has 0 bridgehead atoms. The third kappa shape index (κ3) is 4.71. The molecule has 3 N–H and O–H groups in total. The summed E-state index contributed by atoms with van der Waals surface area (Å²) in [4.78, 5) is 1.60. The van der Waals surface area contributed by atoms with Gasteiger partial charge in [0.25, 0.3) is 0 Å². The van der Waals surface area contributed by atoms with Crippen LogP contribution in [-0.2, 0) is 0 Å². The van der Waals surface area contributed by atoms with E-state index in [1.807, 2.05) is 30.2 Å². The average Bonchev–Trinajstić information content (AvgIpc) is 2.37. The van der Waals surface area contributed by atoms with E-state index in [1.165, 1.54) is 18.6 Å². The quantitative estimate of drug-likeness (QED) is 0.436. The first-order valence-electron chi connectivity index (χ1n) is 5.90. The summed E-state index contributed by atoms with van der Waals surface area (Å²) in [6.45, 7) is 0.966. The van der Waals surface area contributed by atoms with Crippen molar-refractivity contribution >= 4 is 46.4 Å². The SMILES string of the molecule is CSCCCCNc1cccc(SC)c1C(N)=S. The Hall–Kier alpha value is -0.390. The Morgan fingerprint density at radius 2 is 2.11 bits per heavy atom. The van der Waals surface area contributed by atoms with E-state index in [2.05, 4.69) is 17.6 Å². The summed E-state index contributed by atoms with van der Waals surface area (Å²) >= 11 is 8.71. The largest absolute Gasteiger partial charge is 0.389 e. The van der Waals surface area contributed by atoms with Gasteiger partial charge in [-0.25, -0.2) is 0 Å². The number of thiocarbonyl (C=S) groups is 1. The predicted octanol–water partition coefficient (Wildman–Crippen LogP) is 3.60. The highest BCUT2D eigenvalue weighted by molar-refractivity contribution is 7.98. The number of thioether (sulfide) groups is 2. The Balaban J connectivity index is 2.67. The van der Waals surface area contributed by atoms with Crippen molar-refractivity contribution < 1.29 is 0 Å². The number of anilines is 1. The van der Waals surface area contributed by atoms with Gasteiger partial charge in [0.1, 0.15) is 4.99 Å². The first kappa shape index (κ1) is 15.7. The lowest BCUT2D eigenvalue weighted by Crippen LogP contribution is -2.15. The summed E-state index contributed by atoms with van der Waals surface area (Å²) in [5, 5.41) is 3.44. The summed E-state index contributed by atoms with van der Waals surface area (Å²) < 4.78 is 0. The molecule has 0 aliphatic heterocycles. The second kappa shape index (κ2) is 8.67. The van der Waals surface area contributed by atoms with Crippen LogP contribution in [-0.4, -0.2) is 29.8 Å². The number of unbranched alkanes of at least 4 members (excludes halogenated alkanes) is 1. The van der Waals surface area contributed by atoms with Crippen molar-refractivity contribution in [1.29, 1.82) is 0 Å². The molecule has 0 aliphatic carbocycles. The maximum atomic E-state index is 5.82. The zero-order chi connectivity index (χ0) is 13.4. The van der Waals surface area contributed by atoms with Gasteiger partial charge < -0.3 is 11.1 Å². The summed E-state index contributed by atoms with van der Waals surface area (Å²) in [5.74, 6) is 1.22. The summed E-state index contributed by atoms with van der Waals surface area (Å²) in [7, 11) is 0. The number of rotatable bonds is 8. The second-order valence-electron chi connectivity index (χ2n) is 3.87. The highest BCUT2D eigenvalue weighted by Crippen LogP contribution is 2.27. The minimum Gasteiger partial charge on any atom is -0.389 e. The molecule has 2 nitrogen and oxygen atoms in total. The molecule has 0 unspecified atom stereocenters. The van der Waals surface area contributed by atoms with Crippen LogP contribution in [0.5, 0.6) is 0 Å². The van der Waals surface area contributed by atoms with Crippen LogP contribution in [0.1, 0.15) is 18.4 Å². The van der Waals surface area contributed by atoms with E-state index >= 15 is 0 Å². The number of nitrogens with one attached hydrogen (secondary N) is 1. The maximum Gasteiger partial charge on any atom is 0.107 e. The highest BCUT2D eigenvalue weighted by atomic mass is 32.2. The molecule has 0 spiro atoms. The van der Waals surface area contributed by atoms with Crippen LogP contribution in [0.4, 0.5) is 5.69 Å². The molecule has 100 valence electrons. The Bertz CT molecular complexity index is 394. The molecule has 0 aromatic heterocycles. The van der Waals surface area contributed by atoms with Crippen molar-refractivity contribution in [3.63, 3.8) is 0 Å². The second-order valence-corrected chi connectivity index (χ2v) is 6.15. The fourth-order valence-corrected chi connectivity index (χ4v) is 3.11. The van der Waals surface area contributed by atoms with Crippen molar-refractivity contribution in [3.05, 3.63) is 23.8 Å². The molecule has 1 rings (SSSR count). The third-order valence-electron chi connectivity index (χ3n) is 2.58. The standard InChI is InChI=1S/C13H20N2S3/c1-17-9-4-3-8-15-10-6-5-7-11(18-2)12(10)13(14)16/h5-7,15H,3-4,8-9H2,1-2H3,(H2,14,16). The minimum atomic E-state index is 0.464. The Kier molecular flexibility index (Phi) is 7.54. The number of hydrogen-bond donors (Lipinski definition) is 2. The smallest absolute Gasteiger partial charge is 0.107 e.